The maximum absolute atomic E-state index is 13.0. The SMILES string of the molecule is O=c1cc(-c2ccc(F)cc2)ncn1CCNS(=O)(=O)CCc1ccccc1. The van der Waals surface area contributed by atoms with Crippen LogP contribution < -0.4 is 10.3 Å². The maximum atomic E-state index is 13.0. The van der Waals surface area contributed by atoms with E-state index >= 15 is 0 Å². The number of nitrogens with one attached hydrogen (secondary N) is 1. The van der Waals surface area contributed by atoms with Gasteiger partial charge >= 0.3 is 0 Å². The molecule has 0 amide bonds. The molecule has 1 aromatic heterocycles. The van der Waals surface area contributed by atoms with E-state index < -0.39 is 10.0 Å². The zero-order valence-electron chi connectivity index (χ0n) is 15.1. The first kappa shape index (κ1) is 19.9. The van der Waals surface area contributed by atoms with Gasteiger partial charge in [0.2, 0.25) is 10.0 Å². The Balaban J connectivity index is 1.55. The van der Waals surface area contributed by atoms with E-state index in [9.17, 15) is 17.6 Å². The fourth-order valence-corrected chi connectivity index (χ4v) is 3.71. The van der Waals surface area contributed by atoms with Crippen molar-refractivity contribution in [1.82, 2.24) is 14.3 Å². The summed E-state index contributed by atoms with van der Waals surface area (Å²) in [5.74, 6) is -0.384. The van der Waals surface area contributed by atoms with E-state index in [0.717, 1.165) is 5.56 Å². The van der Waals surface area contributed by atoms with Crippen LogP contribution in [0.3, 0.4) is 0 Å². The molecule has 28 heavy (non-hydrogen) atoms. The molecule has 0 unspecified atom stereocenters. The van der Waals surface area contributed by atoms with E-state index in [4.69, 9.17) is 0 Å². The Labute approximate surface area is 162 Å². The molecule has 0 aliphatic carbocycles. The molecule has 0 fully saturated rings. The summed E-state index contributed by atoms with van der Waals surface area (Å²) in [6, 6.07) is 16.4. The number of sulfonamides is 1. The Hall–Kier alpha value is -2.84. The van der Waals surface area contributed by atoms with Crippen molar-refractivity contribution in [2.24, 2.45) is 0 Å². The molecule has 0 atom stereocenters. The van der Waals surface area contributed by atoms with Crippen LogP contribution in [0.2, 0.25) is 0 Å². The average Bonchev–Trinajstić information content (AvgIpc) is 2.69. The van der Waals surface area contributed by atoms with Gasteiger partial charge in [0.15, 0.2) is 0 Å². The highest BCUT2D eigenvalue weighted by atomic mass is 32.2. The Morgan fingerprint density at radius 2 is 1.75 bits per heavy atom. The minimum atomic E-state index is -3.44. The van der Waals surface area contributed by atoms with E-state index in [1.54, 1.807) is 12.1 Å². The third-order valence-electron chi connectivity index (χ3n) is 4.20. The van der Waals surface area contributed by atoms with E-state index in [-0.39, 0.29) is 30.2 Å². The number of hydrogen-bond donors (Lipinski definition) is 1. The van der Waals surface area contributed by atoms with Crippen LogP contribution in [0.1, 0.15) is 5.56 Å². The highest BCUT2D eigenvalue weighted by Crippen LogP contribution is 2.14. The van der Waals surface area contributed by atoms with Gasteiger partial charge < -0.3 is 0 Å². The van der Waals surface area contributed by atoms with Gasteiger partial charge in [0.25, 0.3) is 5.56 Å². The van der Waals surface area contributed by atoms with Gasteiger partial charge in [0, 0.05) is 24.7 Å². The van der Waals surface area contributed by atoms with Crippen LogP contribution in [0.15, 0.2) is 71.8 Å². The summed E-state index contributed by atoms with van der Waals surface area (Å²) in [6.07, 6.45) is 1.78. The maximum Gasteiger partial charge on any atom is 0.253 e. The smallest absolute Gasteiger partial charge is 0.253 e. The molecule has 0 spiro atoms. The van der Waals surface area contributed by atoms with Crippen molar-refractivity contribution < 1.29 is 12.8 Å². The summed E-state index contributed by atoms with van der Waals surface area (Å²) in [5.41, 5.74) is 1.71. The van der Waals surface area contributed by atoms with E-state index in [0.29, 0.717) is 17.7 Å². The van der Waals surface area contributed by atoms with Crippen LogP contribution in [0.4, 0.5) is 4.39 Å². The lowest BCUT2D eigenvalue weighted by atomic mass is 10.1. The van der Waals surface area contributed by atoms with Gasteiger partial charge in [-0.2, -0.15) is 0 Å². The van der Waals surface area contributed by atoms with Crippen molar-refractivity contribution in [3.05, 3.63) is 88.7 Å². The molecule has 146 valence electrons. The molecule has 0 aliphatic rings. The van der Waals surface area contributed by atoms with Crippen molar-refractivity contribution in [3.8, 4) is 11.3 Å². The van der Waals surface area contributed by atoms with Crippen LogP contribution in [-0.2, 0) is 23.0 Å². The first-order valence-corrected chi connectivity index (χ1v) is 10.4. The van der Waals surface area contributed by atoms with Gasteiger partial charge in [-0.3, -0.25) is 9.36 Å². The molecule has 2 aromatic carbocycles. The van der Waals surface area contributed by atoms with E-state index in [1.807, 2.05) is 30.3 Å². The van der Waals surface area contributed by atoms with Crippen molar-refractivity contribution in [1.29, 1.82) is 0 Å². The molecule has 0 saturated heterocycles. The predicted molar refractivity (Wildman–Crippen MR) is 106 cm³/mol. The van der Waals surface area contributed by atoms with Crippen LogP contribution >= 0.6 is 0 Å². The number of halogens is 1. The first-order valence-electron chi connectivity index (χ1n) is 8.77. The van der Waals surface area contributed by atoms with Gasteiger partial charge in [-0.15, -0.1) is 0 Å². The van der Waals surface area contributed by atoms with Crippen LogP contribution in [-0.4, -0.2) is 30.3 Å². The minimum Gasteiger partial charge on any atom is -0.298 e. The topological polar surface area (TPSA) is 81.1 Å². The third-order valence-corrected chi connectivity index (χ3v) is 5.58. The molecule has 0 saturated carbocycles. The molecule has 8 heteroatoms. The Morgan fingerprint density at radius 3 is 2.43 bits per heavy atom. The normalized spacial score (nSPS) is 11.5. The highest BCUT2D eigenvalue weighted by molar-refractivity contribution is 7.89. The van der Waals surface area contributed by atoms with Gasteiger partial charge in [-0.1, -0.05) is 30.3 Å². The highest BCUT2D eigenvalue weighted by Gasteiger charge is 2.10. The second kappa shape index (κ2) is 8.90. The number of hydrogen-bond acceptors (Lipinski definition) is 4. The lowest BCUT2D eigenvalue weighted by molar-refractivity contribution is 0.568. The number of rotatable bonds is 8. The van der Waals surface area contributed by atoms with Crippen molar-refractivity contribution >= 4 is 10.0 Å². The molecule has 0 aliphatic heterocycles. The van der Waals surface area contributed by atoms with Gasteiger partial charge in [-0.25, -0.2) is 22.5 Å². The lowest BCUT2D eigenvalue weighted by Gasteiger charge is -2.09. The molecular weight excluding hydrogens is 381 g/mol. The largest absolute Gasteiger partial charge is 0.298 e. The minimum absolute atomic E-state index is 0.0202. The number of benzene rings is 2. The van der Waals surface area contributed by atoms with E-state index in [1.165, 1.54) is 29.1 Å². The first-order chi connectivity index (χ1) is 13.4. The predicted octanol–water partition coefficient (Wildman–Crippen LogP) is 2.21. The zero-order valence-corrected chi connectivity index (χ0v) is 15.9. The Bertz CT molecular complexity index is 1080. The number of aryl methyl sites for hydroxylation is 1. The number of aromatic nitrogens is 2. The monoisotopic (exact) mass is 401 g/mol. The van der Waals surface area contributed by atoms with E-state index in [2.05, 4.69) is 9.71 Å². The molecule has 1 N–H and O–H groups in total. The summed E-state index contributed by atoms with van der Waals surface area (Å²) in [7, 11) is -3.44. The fraction of sp³-hybridized carbons (Fsp3) is 0.200. The lowest BCUT2D eigenvalue weighted by Crippen LogP contribution is -2.32. The van der Waals surface area contributed by atoms with Crippen molar-refractivity contribution in [2.75, 3.05) is 12.3 Å². The molecule has 0 bridgehead atoms. The summed E-state index contributed by atoms with van der Waals surface area (Å²) >= 11 is 0. The summed E-state index contributed by atoms with van der Waals surface area (Å²) < 4.78 is 41.0. The average molecular weight is 401 g/mol. The van der Waals surface area contributed by atoms with Gasteiger partial charge in [0.05, 0.1) is 17.8 Å². The van der Waals surface area contributed by atoms with Gasteiger partial charge in [0.1, 0.15) is 5.82 Å². The second-order valence-corrected chi connectivity index (χ2v) is 8.19. The molecule has 6 nitrogen and oxygen atoms in total. The molecular formula is C20H20FN3O3S. The number of nitrogens with zero attached hydrogens (tertiary/aromatic N) is 2. The molecule has 3 aromatic rings. The quantitative estimate of drug-likeness (QED) is 0.628. The van der Waals surface area contributed by atoms with Gasteiger partial charge in [-0.05, 0) is 36.2 Å². The molecule has 3 rings (SSSR count). The molecule has 1 heterocycles. The van der Waals surface area contributed by atoms with Crippen LogP contribution in [0.25, 0.3) is 11.3 Å². The van der Waals surface area contributed by atoms with Crippen LogP contribution in [0.5, 0.6) is 0 Å². The second-order valence-electron chi connectivity index (χ2n) is 6.26. The Kier molecular flexibility index (Phi) is 6.33. The standard InChI is InChI=1S/C20H20FN3O3S/c21-18-8-6-17(7-9-18)19-14-20(25)24(15-22-19)12-11-23-28(26,27)13-10-16-4-2-1-3-5-16/h1-9,14-15,23H,10-13H2. The van der Waals surface area contributed by atoms with Crippen molar-refractivity contribution in [3.63, 3.8) is 0 Å². The Morgan fingerprint density at radius 1 is 1.04 bits per heavy atom. The summed E-state index contributed by atoms with van der Waals surface area (Å²) in [6.45, 7) is 0.259. The summed E-state index contributed by atoms with van der Waals surface area (Å²) in [5, 5.41) is 0. The fourth-order valence-electron chi connectivity index (χ4n) is 2.66. The summed E-state index contributed by atoms with van der Waals surface area (Å²) in [4.78, 5) is 16.4. The third kappa shape index (κ3) is 5.58. The zero-order chi connectivity index (χ0) is 20.0. The van der Waals surface area contributed by atoms with Crippen LogP contribution in [0, 0.1) is 5.82 Å². The molecule has 0 radical (unpaired) electrons. The van der Waals surface area contributed by atoms with Crippen molar-refractivity contribution in [2.45, 2.75) is 13.0 Å².